The number of halogens is 2. The first-order valence-corrected chi connectivity index (χ1v) is 8.05. The van der Waals surface area contributed by atoms with Gasteiger partial charge in [-0.1, -0.05) is 24.3 Å². The highest BCUT2D eigenvalue weighted by atomic mass is 19.1. The molecule has 1 N–H and O–H groups in total. The molecule has 1 fully saturated rings. The molecule has 2 aromatic rings. The van der Waals surface area contributed by atoms with Crippen molar-refractivity contribution in [2.75, 3.05) is 6.54 Å². The van der Waals surface area contributed by atoms with Crippen molar-refractivity contribution in [3.63, 3.8) is 0 Å². The molecule has 0 aromatic heterocycles. The fraction of sp³-hybridized carbons (Fsp3) is 0.263. The number of nitrogens with one attached hydrogen (secondary N) is 1. The Morgan fingerprint density at radius 2 is 1.84 bits per heavy atom. The Morgan fingerprint density at radius 1 is 1.08 bits per heavy atom. The SMILES string of the molecule is O=C(NCc1cccc(F)c1)[C@H]1CC(=O)N(Cc2ccc(F)cc2)C1. The van der Waals surface area contributed by atoms with E-state index < -0.39 is 5.92 Å². The number of benzene rings is 2. The largest absolute Gasteiger partial charge is 0.352 e. The number of likely N-dealkylation sites (tertiary alicyclic amines) is 1. The van der Waals surface area contributed by atoms with Crippen molar-refractivity contribution >= 4 is 11.8 Å². The van der Waals surface area contributed by atoms with Crippen molar-refractivity contribution in [1.82, 2.24) is 10.2 Å². The summed E-state index contributed by atoms with van der Waals surface area (Å²) in [5.41, 5.74) is 1.48. The zero-order valence-electron chi connectivity index (χ0n) is 13.5. The molecule has 25 heavy (non-hydrogen) atoms. The predicted octanol–water partition coefficient (Wildman–Crippen LogP) is 2.63. The molecule has 2 aromatic carbocycles. The van der Waals surface area contributed by atoms with Crippen LogP contribution in [0.2, 0.25) is 0 Å². The van der Waals surface area contributed by atoms with Gasteiger partial charge >= 0.3 is 0 Å². The van der Waals surface area contributed by atoms with E-state index in [2.05, 4.69) is 5.32 Å². The van der Waals surface area contributed by atoms with Crippen molar-refractivity contribution in [2.24, 2.45) is 5.92 Å². The van der Waals surface area contributed by atoms with E-state index in [1.54, 1.807) is 29.2 Å². The maximum atomic E-state index is 13.1. The third-order valence-electron chi connectivity index (χ3n) is 4.23. The molecule has 0 bridgehead atoms. The van der Waals surface area contributed by atoms with Gasteiger partial charge in [-0.25, -0.2) is 8.78 Å². The lowest BCUT2D eigenvalue weighted by Gasteiger charge is -2.16. The minimum absolute atomic E-state index is 0.102. The van der Waals surface area contributed by atoms with Gasteiger partial charge in [0.2, 0.25) is 11.8 Å². The zero-order valence-corrected chi connectivity index (χ0v) is 13.5. The van der Waals surface area contributed by atoms with Crippen LogP contribution in [0, 0.1) is 17.6 Å². The van der Waals surface area contributed by atoms with Crippen LogP contribution in [0.1, 0.15) is 17.5 Å². The molecule has 1 aliphatic rings. The maximum Gasteiger partial charge on any atom is 0.225 e. The van der Waals surface area contributed by atoms with Gasteiger partial charge in [0.25, 0.3) is 0 Å². The molecule has 0 radical (unpaired) electrons. The zero-order chi connectivity index (χ0) is 17.8. The Morgan fingerprint density at radius 3 is 2.56 bits per heavy atom. The molecule has 1 atom stereocenters. The molecule has 0 saturated carbocycles. The molecule has 3 rings (SSSR count). The lowest BCUT2D eigenvalue weighted by atomic mass is 10.1. The van der Waals surface area contributed by atoms with E-state index in [9.17, 15) is 18.4 Å². The third kappa shape index (κ3) is 4.41. The van der Waals surface area contributed by atoms with Crippen LogP contribution < -0.4 is 5.32 Å². The van der Waals surface area contributed by atoms with Crippen molar-refractivity contribution in [3.05, 3.63) is 71.3 Å². The first kappa shape index (κ1) is 17.1. The highest BCUT2D eigenvalue weighted by Gasteiger charge is 2.34. The minimum atomic E-state index is -0.429. The first-order valence-electron chi connectivity index (χ1n) is 8.05. The van der Waals surface area contributed by atoms with Crippen LogP contribution in [0.5, 0.6) is 0 Å². The Kier molecular flexibility index (Phi) is 5.07. The Labute approximate surface area is 144 Å². The fourth-order valence-corrected chi connectivity index (χ4v) is 2.89. The van der Waals surface area contributed by atoms with Gasteiger partial charge in [-0.05, 0) is 35.4 Å². The molecule has 0 spiro atoms. The van der Waals surface area contributed by atoms with Crippen LogP contribution in [0.4, 0.5) is 8.78 Å². The number of carbonyl (C=O) groups is 2. The van der Waals surface area contributed by atoms with Crippen molar-refractivity contribution in [1.29, 1.82) is 0 Å². The monoisotopic (exact) mass is 344 g/mol. The van der Waals surface area contributed by atoms with Crippen LogP contribution in [0.3, 0.4) is 0 Å². The smallest absolute Gasteiger partial charge is 0.225 e. The summed E-state index contributed by atoms with van der Waals surface area (Å²) in [6.07, 6.45) is 0.149. The lowest BCUT2D eigenvalue weighted by molar-refractivity contribution is -0.129. The first-order chi connectivity index (χ1) is 12.0. The standard InChI is InChI=1S/C19H18F2N2O2/c20-16-6-4-13(5-7-16)11-23-12-15(9-18(23)24)19(25)22-10-14-2-1-3-17(21)8-14/h1-8,15H,9-12H2,(H,22,25)/t15-/m0/s1. The van der Waals surface area contributed by atoms with E-state index in [1.165, 1.54) is 24.3 Å². The van der Waals surface area contributed by atoms with Crippen LogP contribution in [-0.4, -0.2) is 23.3 Å². The molecular formula is C19H18F2N2O2. The number of rotatable bonds is 5. The van der Waals surface area contributed by atoms with Crippen LogP contribution >= 0.6 is 0 Å². The summed E-state index contributed by atoms with van der Waals surface area (Å²) in [6.45, 7) is 0.900. The highest BCUT2D eigenvalue weighted by molar-refractivity contribution is 5.89. The van der Waals surface area contributed by atoms with Gasteiger partial charge in [0.05, 0.1) is 5.92 Å². The van der Waals surface area contributed by atoms with Gasteiger partial charge in [-0.3, -0.25) is 9.59 Å². The third-order valence-corrected chi connectivity index (χ3v) is 4.23. The van der Waals surface area contributed by atoms with Gasteiger partial charge in [0.15, 0.2) is 0 Å². The molecule has 1 aliphatic heterocycles. The van der Waals surface area contributed by atoms with Crippen molar-refractivity contribution < 1.29 is 18.4 Å². The number of hydrogen-bond donors (Lipinski definition) is 1. The van der Waals surface area contributed by atoms with Crippen molar-refractivity contribution in [2.45, 2.75) is 19.5 Å². The second kappa shape index (κ2) is 7.42. The molecule has 0 aliphatic carbocycles. The van der Waals surface area contributed by atoms with Crippen LogP contribution in [0.15, 0.2) is 48.5 Å². The normalized spacial score (nSPS) is 17.0. The second-order valence-corrected chi connectivity index (χ2v) is 6.15. The van der Waals surface area contributed by atoms with Gasteiger partial charge in [-0.2, -0.15) is 0 Å². The number of nitrogens with zero attached hydrogens (tertiary/aromatic N) is 1. The summed E-state index contributed by atoms with van der Waals surface area (Å²) < 4.78 is 26.1. The molecule has 0 unspecified atom stereocenters. The number of amides is 2. The second-order valence-electron chi connectivity index (χ2n) is 6.15. The average molecular weight is 344 g/mol. The molecule has 1 heterocycles. The summed E-state index contributed by atoms with van der Waals surface area (Å²) >= 11 is 0. The lowest BCUT2D eigenvalue weighted by Crippen LogP contribution is -2.32. The molecule has 4 nitrogen and oxygen atoms in total. The summed E-state index contributed by atoms with van der Waals surface area (Å²) in [5, 5.41) is 2.75. The van der Waals surface area contributed by atoms with Gasteiger partial charge in [0, 0.05) is 26.1 Å². The Bertz CT molecular complexity index is 777. The van der Waals surface area contributed by atoms with Gasteiger partial charge in [0.1, 0.15) is 11.6 Å². The minimum Gasteiger partial charge on any atom is -0.352 e. The average Bonchev–Trinajstić information content (AvgIpc) is 2.96. The number of carbonyl (C=O) groups excluding carboxylic acids is 2. The molecule has 6 heteroatoms. The van der Waals surface area contributed by atoms with E-state index in [0.717, 1.165) is 5.56 Å². The summed E-state index contributed by atoms with van der Waals surface area (Å²) in [6, 6.07) is 12.0. The van der Waals surface area contributed by atoms with E-state index in [-0.39, 0.29) is 36.4 Å². The highest BCUT2D eigenvalue weighted by Crippen LogP contribution is 2.20. The summed E-state index contributed by atoms with van der Waals surface area (Å²) in [4.78, 5) is 26.0. The van der Waals surface area contributed by atoms with E-state index >= 15 is 0 Å². The van der Waals surface area contributed by atoms with Gasteiger partial charge < -0.3 is 10.2 Å². The van der Waals surface area contributed by atoms with Crippen LogP contribution in [-0.2, 0) is 22.7 Å². The van der Waals surface area contributed by atoms with E-state index in [0.29, 0.717) is 18.7 Å². The number of hydrogen-bond acceptors (Lipinski definition) is 2. The van der Waals surface area contributed by atoms with E-state index in [4.69, 9.17) is 0 Å². The van der Waals surface area contributed by atoms with Crippen molar-refractivity contribution in [3.8, 4) is 0 Å². The fourth-order valence-electron chi connectivity index (χ4n) is 2.89. The molecule has 1 saturated heterocycles. The van der Waals surface area contributed by atoms with Crippen LogP contribution in [0.25, 0.3) is 0 Å². The van der Waals surface area contributed by atoms with E-state index in [1.807, 2.05) is 0 Å². The Balaban J connectivity index is 1.54. The Hall–Kier alpha value is -2.76. The topological polar surface area (TPSA) is 49.4 Å². The summed E-state index contributed by atoms with van der Waals surface area (Å²) in [5.74, 6) is -1.43. The maximum absolute atomic E-state index is 13.1. The summed E-state index contributed by atoms with van der Waals surface area (Å²) in [7, 11) is 0. The van der Waals surface area contributed by atoms with Gasteiger partial charge in [-0.15, -0.1) is 0 Å². The quantitative estimate of drug-likeness (QED) is 0.906. The molecule has 130 valence electrons. The molecular weight excluding hydrogens is 326 g/mol. The molecule has 2 amide bonds. The predicted molar refractivity (Wildman–Crippen MR) is 88.2 cm³/mol.